The molecule has 2 aromatic heterocycles. The summed E-state index contributed by atoms with van der Waals surface area (Å²) in [6.07, 6.45) is -0.103. The second-order valence-electron chi connectivity index (χ2n) is 8.97. The quantitative estimate of drug-likeness (QED) is 0.358. The van der Waals surface area contributed by atoms with Crippen LogP contribution in [0.5, 0.6) is 5.75 Å². The summed E-state index contributed by atoms with van der Waals surface area (Å²) in [7, 11) is 0. The van der Waals surface area contributed by atoms with Gasteiger partial charge in [0.15, 0.2) is 17.4 Å². The molecule has 3 atom stereocenters. The van der Waals surface area contributed by atoms with E-state index < -0.39 is 30.5 Å². The largest absolute Gasteiger partial charge is 0.488 e. The van der Waals surface area contributed by atoms with Gasteiger partial charge >= 0.3 is 6.18 Å². The number of aliphatic hydroxyl groups is 2. The fourth-order valence-corrected chi connectivity index (χ4v) is 4.38. The molecular weight excluding hydrogens is 507 g/mol. The molecule has 1 amide bonds. The highest BCUT2D eigenvalue weighted by Gasteiger charge is 2.39. The van der Waals surface area contributed by atoms with E-state index in [9.17, 15) is 23.1 Å². The molecule has 14 heteroatoms. The van der Waals surface area contributed by atoms with Crippen molar-refractivity contribution >= 4 is 23.4 Å². The number of aliphatic hydroxyl groups excluding tert-OH is 2. The standard InChI is InChI=1S/C24H24F3N7O4/c25-24(26,27)14-3-1-2-13(6-14)20-28-9-19-21(32-20)31-15-4-5-18(34(19)10-15)22(37)33-23-29-7-17(8-30-23)38-12-16(36)11-35/h1-3,6-9,15-16,18,35-36H,4-5,10-12H2,(H,28,31,32)(H,29,30,33,37)/t15-,16+,18?/m0/s1. The Morgan fingerprint density at radius 3 is 2.74 bits per heavy atom. The smallest absolute Gasteiger partial charge is 0.416 e. The molecule has 1 saturated heterocycles. The molecule has 3 aromatic rings. The molecule has 4 heterocycles. The zero-order valence-electron chi connectivity index (χ0n) is 19.9. The molecule has 4 N–H and O–H groups in total. The van der Waals surface area contributed by atoms with E-state index in [4.69, 9.17) is 9.84 Å². The zero-order chi connectivity index (χ0) is 26.9. The van der Waals surface area contributed by atoms with Gasteiger partial charge in [-0.15, -0.1) is 0 Å². The van der Waals surface area contributed by atoms with Gasteiger partial charge in [0.05, 0.1) is 36.4 Å². The molecule has 0 radical (unpaired) electrons. The van der Waals surface area contributed by atoms with Gasteiger partial charge in [-0.25, -0.2) is 19.9 Å². The molecule has 38 heavy (non-hydrogen) atoms. The molecule has 1 aromatic carbocycles. The van der Waals surface area contributed by atoms with E-state index >= 15 is 0 Å². The highest BCUT2D eigenvalue weighted by atomic mass is 19.4. The molecule has 5 rings (SSSR count). The number of fused-ring (bicyclic) bond motifs is 4. The van der Waals surface area contributed by atoms with Crippen molar-refractivity contribution in [3.05, 3.63) is 48.4 Å². The van der Waals surface area contributed by atoms with E-state index in [1.807, 2.05) is 4.90 Å². The van der Waals surface area contributed by atoms with Crippen LogP contribution in [0, 0.1) is 0 Å². The van der Waals surface area contributed by atoms with Crippen molar-refractivity contribution in [3.63, 3.8) is 0 Å². The Morgan fingerprint density at radius 2 is 2.00 bits per heavy atom. The maximum Gasteiger partial charge on any atom is 0.416 e. The fraction of sp³-hybridized carbons (Fsp3) is 0.375. The van der Waals surface area contributed by atoms with Crippen molar-refractivity contribution in [1.82, 2.24) is 19.9 Å². The van der Waals surface area contributed by atoms with Crippen molar-refractivity contribution in [1.29, 1.82) is 0 Å². The van der Waals surface area contributed by atoms with Crippen LogP contribution in [0.2, 0.25) is 0 Å². The third-order valence-corrected chi connectivity index (χ3v) is 6.27. The van der Waals surface area contributed by atoms with E-state index in [-0.39, 0.29) is 41.6 Å². The van der Waals surface area contributed by atoms with Gasteiger partial charge in [-0.3, -0.25) is 10.1 Å². The lowest BCUT2D eigenvalue weighted by Gasteiger charge is -2.44. The number of rotatable bonds is 7. The first-order valence-corrected chi connectivity index (χ1v) is 11.8. The maximum absolute atomic E-state index is 13.2. The highest BCUT2D eigenvalue weighted by molar-refractivity contribution is 5.96. The number of nitrogens with zero attached hydrogens (tertiary/aromatic N) is 5. The van der Waals surface area contributed by atoms with E-state index in [1.54, 1.807) is 0 Å². The van der Waals surface area contributed by atoms with E-state index in [0.717, 1.165) is 12.1 Å². The van der Waals surface area contributed by atoms with Crippen LogP contribution < -0.4 is 20.3 Å². The van der Waals surface area contributed by atoms with Crippen LogP contribution in [0.25, 0.3) is 11.4 Å². The first-order valence-electron chi connectivity index (χ1n) is 11.8. The van der Waals surface area contributed by atoms with Crippen LogP contribution >= 0.6 is 0 Å². The summed E-state index contributed by atoms with van der Waals surface area (Å²) in [5.41, 5.74) is 0.0232. The fourth-order valence-electron chi connectivity index (χ4n) is 4.38. The van der Waals surface area contributed by atoms with E-state index in [0.29, 0.717) is 30.9 Å². The molecule has 2 aliphatic rings. The lowest BCUT2D eigenvalue weighted by molar-refractivity contribution is -0.137. The van der Waals surface area contributed by atoms with Crippen LogP contribution in [0.1, 0.15) is 18.4 Å². The average Bonchev–Trinajstić information content (AvgIpc) is 2.92. The highest BCUT2D eigenvalue weighted by Crippen LogP contribution is 2.38. The predicted octanol–water partition coefficient (Wildman–Crippen LogP) is 2.09. The monoisotopic (exact) mass is 531 g/mol. The molecule has 0 saturated carbocycles. The Morgan fingerprint density at radius 1 is 1.21 bits per heavy atom. The normalized spacial score (nSPS) is 19.2. The van der Waals surface area contributed by atoms with Crippen LogP contribution in [-0.2, 0) is 11.0 Å². The zero-order valence-corrected chi connectivity index (χ0v) is 19.9. The minimum Gasteiger partial charge on any atom is -0.488 e. The summed E-state index contributed by atoms with van der Waals surface area (Å²) in [5, 5.41) is 24.2. The maximum atomic E-state index is 13.2. The summed E-state index contributed by atoms with van der Waals surface area (Å²) in [6.45, 7) is -0.0447. The van der Waals surface area contributed by atoms with Crippen molar-refractivity contribution in [2.24, 2.45) is 0 Å². The second-order valence-corrected chi connectivity index (χ2v) is 8.97. The Bertz CT molecular complexity index is 1310. The van der Waals surface area contributed by atoms with Crippen LogP contribution in [0.15, 0.2) is 42.9 Å². The second kappa shape index (κ2) is 10.4. The van der Waals surface area contributed by atoms with Gasteiger partial charge in [0.25, 0.3) is 0 Å². The molecule has 1 unspecified atom stereocenters. The first kappa shape index (κ1) is 25.6. The van der Waals surface area contributed by atoms with Crippen molar-refractivity contribution in [2.75, 3.05) is 35.3 Å². The Balaban J connectivity index is 1.31. The summed E-state index contributed by atoms with van der Waals surface area (Å²) >= 11 is 0. The van der Waals surface area contributed by atoms with Crippen molar-refractivity contribution < 1.29 is 32.9 Å². The molecule has 2 aliphatic heterocycles. The molecule has 0 spiro atoms. The predicted molar refractivity (Wildman–Crippen MR) is 129 cm³/mol. The molecular formula is C24H24F3N7O4. The molecule has 200 valence electrons. The number of hydrogen-bond donors (Lipinski definition) is 4. The SMILES string of the molecule is O=C(Nc1ncc(OC[C@H](O)CO)cn1)C1CC[C@H]2CN1c1cnc(-c3cccc(C(F)(F)F)c3)nc1N2. The lowest BCUT2D eigenvalue weighted by Crippen LogP contribution is -2.56. The van der Waals surface area contributed by atoms with E-state index in [1.165, 1.54) is 30.7 Å². The molecule has 1 fully saturated rings. The minimum atomic E-state index is -4.48. The number of nitrogens with one attached hydrogen (secondary N) is 2. The summed E-state index contributed by atoms with van der Waals surface area (Å²) < 4.78 is 44.7. The van der Waals surface area contributed by atoms with Gasteiger partial charge in [0.2, 0.25) is 11.9 Å². The topological polar surface area (TPSA) is 146 Å². The summed E-state index contributed by atoms with van der Waals surface area (Å²) in [5.74, 6) is 0.595. The number of benzene rings is 1. The van der Waals surface area contributed by atoms with Crippen molar-refractivity contribution in [3.8, 4) is 17.1 Å². The Hall–Kier alpha value is -4.04. The van der Waals surface area contributed by atoms with Gasteiger partial charge in [-0.05, 0) is 25.0 Å². The number of anilines is 3. The Kier molecular flexibility index (Phi) is 6.99. The Labute approximate surface area is 214 Å². The van der Waals surface area contributed by atoms with Gasteiger partial charge in [-0.1, -0.05) is 12.1 Å². The van der Waals surface area contributed by atoms with Crippen LogP contribution in [-0.4, -0.2) is 74.0 Å². The third-order valence-electron chi connectivity index (χ3n) is 6.27. The molecule has 0 aliphatic carbocycles. The number of piperidine rings is 1. The molecule has 2 bridgehead atoms. The average molecular weight is 531 g/mol. The van der Waals surface area contributed by atoms with Gasteiger partial charge in [-0.2, -0.15) is 13.2 Å². The number of carbonyl (C=O) groups is 1. The number of amides is 1. The number of carbonyl (C=O) groups excluding carboxylic acids is 1. The number of hydrogen-bond acceptors (Lipinski definition) is 10. The number of ether oxygens (including phenoxy) is 1. The molecule has 11 nitrogen and oxygen atoms in total. The van der Waals surface area contributed by atoms with Gasteiger partial charge < -0.3 is 25.2 Å². The summed E-state index contributed by atoms with van der Waals surface area (Å²) in [4.78, 5) is 31.9. The van der Waals surface area contributed by atoms with E-state index in [2.05, 4.69) is 30.6 Å². The van der Waals surface area contributed by atoms with Crippen molar-refractivity contribution in [2.45, 2.75) is 37.2 Å². The van der Waals surface area contributed by atoms with Crippen LogP contribution in [0.4, 0.5) is 30.6 Å². The summed E-state index contributed by atoms with van der Waals surface area (Å²) in [6, 6.07) is 4.28. The number of alkyl halides is 3. The number of halogens is 3. The lowest BCUT2D eigenvalue weighted by atomic mass is 9.94. The number of aromatic nitrogens is 4. The third kappa shape index (κ3) is 5.45. The van der Waals surface area contributed by atoms with Gasteiger partial charge in [0, 0.05) is 18.2 Å². The first-order chi connectivity index (χ1) is 18.2. The van der Waals surface area contributed by atoms with Gasteiger partial charge in [0.1, 0.15) is 18.8 Å². The van der Waals surface area contributed by atoms with Crippen LogP contribution in [0.3, 0.4) is 0 Å². The minimum absolute atomic E-state index is 0.0118.